The number of pyridine rings is 1. The fourth-order valence-corrected chi connectivity index (χ4v) is 1.95. The molecule has 0 fully saturated rings. The van der Waals surface area contributed by atoms with Crippen molar-refractivity contribution in [2.75, 3.05) is 12.5 Å². The highest BCUT2D eigenvalue weighted by molar-refractivity contribution is 5.41. The fraction of sp³-hybridized carbons (Fsp3) is 0.583. The fourth-order valence-electron chi connectivity index (χ4n) is 1.95. The Morgan fingerprint density at radius 3 is 2.69 bits per heavy atom. The molecule has 0 radical (unpaired) electrons. The molecule has 0 amide bonds. The third kappa shape index (κ3) is 3.47. The number of anilines is 1. The van der Waals surface area contributed by atoms with Crippen LogP contribution in [-0.4, -0.2) is 23.0 Å². The van der Waals surface area contributed by atoms with Crippen molar-refractivity contribution in [3.8, 4) is 0 Å². The molecule has 4 nitrogen and oxygen atoms in total. The highest BCUT2D eigenvalue weighted by Crippen LogP contribution is 2.12. The standard InChI is InChI=1S/C12H22N4/c1-4-12(5-2)16(3)9-11-8-10(15-13)6-7-14-11/h6-8,12H,4-5,9,13H2,1-3H3,(H,14,15). The quantitative estimate of drug-likeness (QED) is 0.571. The Morgan fingerprint density at radius 1 is 1.44 bits per heavy atom. The molecule has 0 aliphatic heterocycles. The Labute approximate surface area is 97.8 Å². The van der Waals surface area contributed by atoms with Crippen molar-refractivity contribution >= 4 is 5.69 Å². The Balaban J connectivity index is 2.64. The van der Waals surface area contributed by atoms with Gasteiger partial charge in [-0.2, -0.15) is 0 Å². The van der Waals surface area contributed by atoms with Crippen molar-refractivity contribution in [2.24, 2.45) is 5.84 Å². The van der Waals surface area contributed by atoms with Gasteiger partial charge < -0.3 is 5.43 Å². The van der Waals surface area contributed by atoms with Crippen molar-refractivity contribution < 1.29 is 0 Å². The molecule has 4 heteroatoms. The van der Waals surface area contributed by atoms with Crippen LogP contribution in [0.2, 0.25) is 0 Å². The molecule has 0 aliphatic rings. The lowest BCUT2D eigenvalue weighted by Crippen LogP contribution is -2.30. The molecule has 0 bridgehead atoms. The zero-order valence-corrected chi connectivity index (χ0v) is 10.4. The summed E-state index contributed by atoms with van der Waals surface area (Å²) < 4.78 is 0. The van der Waals surface area contributed by atoms with Crippen molar-refractivity contribution in [3.05, 3.63) is 24.0 Å². The monoisotopic (exact) mass is 222 g/mol. The summed E-state index contributed by atoms with van der Waals surface area (Å²) in [5, 5.41) is 0. The van der Waals surface area contributed by atoms with E-state index in [1.165, 1.54) is 12.8 Å². The average molecular weight is 222 g/mol. The van der Waals surface area contributed by atoms with Gasteiger partial charge in [0, 0.05) is 18.8 Å². The van der Waals surface area contributed by atoms with Gasteiger partial charge in [-0.3, -0.25) is 15.7 Å². The van der Waals surface area contributed by atoms with E-state index in [0.29, 0.717) is 6.04 Å². The van der Waals surface area contributed by atoms with Crippen LogP contribution in [0, 0.1) is 0 Å². The van der Waals surface area contributed by atoms with Gasteiger partial charge in [-0.25, -0.2) is 0 Å². The van der Waals surface area contributed by atoms with Gasteiger partial charge >= 0.3 is 0 Å². The van der Waals surface area contributed by atoms with E-state index in [-0.39, 0.29) is 0 Å². The largest absolute Gasteiger partial charge is 0.324 e. The van der Waals surface area contributed by atoms with Gasteiger partial charge in [-0.1, -0.05) is 13.8 Å². The van der Waals surface area contributed by atoms with E-state index >= 15 is 0 Å². The second-order valence-corrected chi connectivity index (χ2v) is 4.07. The Kier molecular flexibility index (Phi) is 5.22. The SMILES string of the molecule is CCC(CC)N(C)Cc1cc(NN)ccn1. The number of aromatic nitrogens is 1. The van der Waals surface area contributed by atoms with Crippen LogP contribution in [0.4, 0.5) is 5.69 Å². The van der Waals surface area contributed by atoms with Gasteiger partial charge in [0.2, 0.25) is 0 Å². The molecule has 0 unspecified atom stereocenters. The lowest BCUT2D eigenvalue weighted by molar-refractivity contribution is 0.219. The predicted molar refractivity (Wildman–Crippen MR) is 67.9 cm³/mol. The van der Waals surface area contributed by atoms with Crippen molar-refractivity contribution in [1.82, 2.24) is 9.88 Å². The highest BCUT2D eigenvalue weighted by Gasteiger charge is 2.11. The third-order valence-corrected chi connectivity index (χ3v) is 2.96. The van der Waals surface area contributed by atoms with Crippen LogP contribution in [0.3, 0.4) is 0 Å². The minimum absolute atomic E-state index is 0.622. The molecule has 1 rings (SSSR count). The molecule has 0 atom stereocenters. The van der Waals surface area contributed by atoms with Crippen LogP contribution in [-0.2, 0) is 6.54 Å². The topological polar surface area (TPSA) is 54.2 Å². The summed E-state index contributed by atoms with van der Waals surface area (Å²) >= 11 is 0. The minimum Gasteiger partial charge on any atom is -0.324 e. The van der Waals surface area contributed by atoms with Crippen LogP contribution in [0.5, 0.6) is 0 Å². The smallest absolute Gasteiger partial charge is 0.0564 e. The minimum atomic E-state index is 0.622. The van der Waals surface area contributed by atoms with Crippen LogP contribution in [0.1, 0.15) is 32.4 Å². The molecule has 1 aromatic rings. The van der Waals surface area contributed by atoms with Gasteiger partial charge in [-0.05, 0) is 32.0 Å². The molecule has 3 N–H and O–H groups in total. The van der Waals surface area contributed by atoms with Gasteiger partial charge in [0.05, 0.1) is 11.4 Å². The Hall–Kier alpha value is -1.13. The van der Waals surface area contributed by atoms with Gasteiger partial charge in [0.25, 0.3) is 0 Å². The van der Waals surface area contributed by atoms with E-state index in [2.05, 4.69) is 36.2 Å². The van der Waals surface area contributed by atoms with E-state index in [1.54, 1.807) is 6.20 Å². The number of nitrogens with one attached hydrogen (secondary N) is 1. The second-order valence-electron chi connectivity index (χ2n) is 4.07. The molecule has 0 aromatic carbocycles. The summed E-state index contributed by atoms with van der Waals surface area (Å²) in [5.41, 5.74) is 4.59. The predicted octanol–water partition coefficient (Wildman–Crippen LogP) is 1.99. The first-order valence-corrected chi connectivity index (χ1v) is 5.83. The third-order valence-electron chi connectivity index (χ3n) is 2.96. The molecule has 1 aromatic heterocycles. The number of nitrogens with two attached hydrogens (primary N) is 1. The Bertz CT molecular complexity index is 310. The first-order chi connectivity index (χ1) is 7.71. The summed E-state index contributed by atoms with van der Waals surface area (Å²) in [6, 6.07) is 4.47. The molecule has 90 valence electrons. The summed E-state index contributed by atoms with van der Waals surface area (Å²) in [6.45, 7) is 5.30. The lowest BCUT2D eigenvalue weighted by Gasteiger charge is -2.25. The zero-order chi connectivity index (χ0) is 12.0. The van der Waals surface area contributed by atoms with Crippen molar-refractivity contribution in [2.45, 2.75) is 39.3 Å². The summed E-state index contributed by atoms with van der Waals surface area (Å²) in [7, 11) is 2.14. The second kappa shape index (κ2) is 6.45. The summed E-state index contributed by atoms with van der Waals surface area (Å²) in [5.74, 6) is 5.37. The summed E-state index contributed by atoms with van der Waals surface area (Å²) in [6.07, 6.45) is 4.12. The molecular weight excluding hydrogens is 200 g/mol. The molecule has 0 saturated heterocycles. The molecule has 0 spiro atoms. The van der Waals surface area contributed by atoms with Gasteiger partial charge in [0.1, 0.15) is 0 Å². The molecule has 0 aliphatic carbocycles. The highest BCUT2D eigenvalue weighted by atomic mass is 15.2. The van der Waals surface area contributed by atoms with E-state index < -0.39 is 0 Å². The first-order valence-electron chi connectivity index (χ1n) is 5.83. The lowest BCUT2D eigenvalue weighted by atomic mass is 10.1. The number of hydrazine groups is 1. The van der Waals surface area contributed by atoms with Gasteiger partial charge in [0.15, 0.2) is 0 Å². The first kappa shape index (κ1) is 12.9. The molecular formula is C12H22N4. The number of hydrogen-bond acceptors (Lipinski definition) is 4. The van der Waals surface area contributed by atoms with Gasteiger partial charge in [-0.15, -0.1) is 0 Å². The van der Waals surface area contributed by atoms with Crippen LogP contribution >= 0.6 is 0 Å². The van der Waals surface area contributed by atoms with E-state index in [9.17, 15) is 0 Å². The maximum Gasteiger partial charge on any atom is 0.0564 e. The number of nitrogens with zero attached hydrogens (tertiary/aromatic N) is 2. The number of nitrogen functional groups attached to an aromatic ring is 1. The zero-order valence-electron chi connectivity index (χ0n) is 10.4. The van der Waals surface area contributed by atoms with E-state index in [1.807, 2.05) is 12.1 Å². The number of hydrogen-bond donors (Lipinski definition) is 2. The molecule has 0 saturated carbocycles. The average Bonchev–Trinajstić information content (AvgIpc) is 2.31. The maximum atomic E-state index is 5.37. The van der Waals surface area contributed by atoms with Crippen molar-refractivity contribution in [3.63, 3.8) is 0 Å². The van der Waals surface area contributed by atoms with E-state index in [4.69, 9.17) is 5.84 Å². The van der Waals surface area contributed by atoms with Crippen LogP contribution < -0.4 is 11.3 Å². The maximum absolute atomic E-state index is 5.37. The van der Waals surface area contributed by atoms with Crippen molar-refractivity contribution in [1.29, 1.82) is 0 Å². The van der Waals surface area contributed by atoms with Crippen LogP contribution in [0.15, 0.2) is 18.3 Å². The summed E-state index contributed by atoms with van der Waals surface area (Å²) in [4.78, 5) is 6.68. The molecule has 16 heavy (non-hydrogen) atoms. The number of rotatable bonds is 6. The Morgan fingerprint density at radius 2 is 2.12 bits per heavy atom. The normalized spacial score (nSPS) is 11.1. The molecule has 1 heterocycles. The van der Waals surface area contributed by atoms with E-state index in [0.717, 1.165) is 17.9 Å². The van der Waals surface area contributed by atoms with Crippen LogP contribution in [0.25, 0.3) is 0 Å².